The van der Waals surface area contributed by atoms with Crippen molar-refractivity contribution in [3.05, 3.63) is 53.4 Å². The Morgan fingerprint density at radius 1 is 1.09 bits per heavy atom. The molecule has 0 atom stereocenters. The van der Waals surface area contributed by atoms with E-state index in [-0.39, 0.29) is 35.7 Å². The molecule has 0 saturated heterocycles. The van der Waals surface area contributed by atoms with E-state index in [1.54, 1.807) is 19.1 Å². The molecule has 1 aromatic carbocycles. The second-order valence-electron chi connectivity index (χ2n) is 7.80. The van der Waals surface area contributed by atoms with Crippen LogP contribution in [0.15, 0.2) is 42.7 Å². The average molecular weight is 461 g/mol. The van der Waals surface area contributed by atoms with Crippen LogP contribution in [0.4, 0.5) is 10.6 Å². The molecule has 3 rings (SSSR count). The number of halogens is 1. The van der Waals surface area contributed by atoms with E-state index in [4.69, 9.17) is 21.1 Å². The number of hydrogen-bond acceptors (Lipinski definition) is 6. The second kappa shape index (κ2) is 11.8. The smallest absolute Gasteiger partial charge is 0.410 e. The van der Waals surface area contributed by atoms with Crippen LogP contribution in [-0.4, -0.2) is 60.2 Å². The maximum atomic E-state index is 13.0. The first kappa shape index (κ1) is 23.9. The number of rotatable bonds is 8. The molecule has 0 radical (unpaired) electrons. The topological polar surface area (TPSA) is 84.9 Å². The highest BCUT2D eigenvalue weighted by Gasteiger charge is 2.34. The number of carbonyl (C=O) groups is 2. The van der Waals surface area contributed by atoms with Crippen LogP contribution in [0.3, 0.4) is 0 Å². The molecule has 172 valence electrons. The van der Waals surface area contributed by atoms with Crippen molar-refractivity contribution in [1.29, 1.82) is 0 Å². The van der Waals surface area contributed by atoms with Crippen LogP contribution in [0.1, 0.15) is 31.2 Å². The van der Waals surface area contributed by atoms with Gasteiger partial charge in [0.2, 0.25) is 5.91 Å². The molecule has 2 amide bonds. The Balaban J connectivity index is 1.57. The van der Waals surface area contributed by atoms with Crippen LogP contribution in [0, 0.1) is 5.92 Å². The number of ether oxygens (including phenoxy) is 2. The molecule has 0 spiro atoms. The Labute approximate surface area is 193 Å². The van der Waals surface area contributed by atoms with E-state index < -0.39 is 0 Å². The molecule has 8 nitrogen and oxygen atoms in total. The zero-order valence-electron chi connectivity index (χ0n) is 18.4. The van der Waals surface area contributed by atoms with E-state index in [0.29, 0.717) is 44.7 Å². The summed E-state index contributed by atoms with van der Waals surface area (Å²) >= 11 is 6.09. The summed E-state index contributed by atoms with van der Waals surface area (Å²) in [4.78, 5) is 37.1. The summed E-state index contributed by atoms with van der Waals surface area (Å²) in [6, 6.07) is 9.59. The van der Waals surface area contributed by atoms with Crippen molar-refractivity contribution in [2.75, 3.05) is 32.2 Å². The molecule has 1 saturated carbocycles. The zero-order chi connectivity index (χ0) is 22.9. The number of hydrogen-bond donors (Lipinski definition) is 0. The van der Waals surface area contributed by atoms with E-state index in [1.165, 1.54) is 17.3 Å². The van der Waals surface area contributed by atoms with Gasteiger partial charge in [-0.25, -0.2) is 14.8 Å². The Hall–Kier alpha value is -2.71. The van der Waals surface area contributed by atoms with Crippen LogP contribution >= 0.6 is 11.6 Å². The fourth-order valence-electron chi connectivity index (χ4n) is 3.97. The molecule has 32 heavy (non-hydrogen) atoms. The minimum atomic E-state index is -0.357. The predicted molar refractivity (Wildman–Crippen MR) is 121 cm³/mol. The average Bonchev–Trinajstić information content (AvgIpc) is 2.83. The second-order valence-corrected chi connectivity index (χ2v) is 8.16. The maximum absolute atomic E-state index is 13.0. The monoisotopic (exact) mass is 460 g/mol. The maximum Gasteiger partial charge on any atom is 0.410 e. The van der Waals surface area contributed by atoms with Crippen LogP contribution < -0.4 is 4.90 Å². The van der Waals surface area contributed by atoms with E-state index in [0.717, 1.165) is 5.56 Å². The number of anilines is 1. The van der Waals surface area contributed by atoms with Crippen LogP contribution in [0.5, 0.6) is 0 Å². The standard InChI is InChI=1S/C23H29ClN4O4/c1-27(21-20(24)25-12-13-26-21)22(29)18-8-10-19(11-9-18)28(14-15-31-2)23(30)32-16-17-6-4-3-5-7-17/h3-7,12-13,18-19H,8-11,14-16H2,1-2H3. The number of carbonyl (C=O) groups excluding carboxylic acids is 2. The lowest BCUT2D eigenvalue weighted by Crippen LogP contribution is -2.46. The molecule has 1 heterocycles. The summed E-state index contributed by atoms with van der Waals surface area (Å²) in [7, 11) is 3.27. The molecule has 1 aliphatic rings. The summed E-state index contributed by atoms with van der Waals surface area (Å²) in [5.41, 5.74) is 0.938. The van der Waals surface area contributed by atoms with Gasteiger partial charge in [-0.3, -0.25) is 9.69 Å². The highest BCUT2D eigenvalue weighted by molar-refractivity contribution is 6.32. The largest absolute Gasteiger partial charge is 0.445 e. The third-order valence-corrected chi connectivity index (χ3v) is 6.01. The van der Waals surface area contributed by atoms with Crippen LogP contribution in [0.25, 0.3) is 0 Å². The molecule has 1 aliphatic carbocycles. The van der Waals surface area contributed by atoms with Crippen LogP contribution in [-0.2, 0) is 20.9 Å². The molecule has 2 aromatic rings. The van der Waals surface area contributed by atoms with E-state index in [1.807, 2.05) is 30.3 Å². The van der Waals surface area contributed by atoms with Gasteiger partial charge in [0.15, 0.2) is 11.0 Å². The van der Waals surface area contributed by atoms with E-state index >= 15 is 0 Å². The minimum absolute atomic E-state index is 0.00267. The van der Waals surface area contributed by atoms with Gasteiger partial charge in [-0.1, -0.05) is 41.9 Å². The molecule has 9 heteroatoms. The summed E-state index contributed by atoms with van der Waals surface area (Å²) in [6.07, 6.45) is 5.40. The Kier molecular flexibility index (Phi) is 8.81. The SMILES string of the molecule is COCCN(C(=O)OCc1ccccc1)C1CCC(C(=O)N(C)c2nccnc2Cl)CC1. The fourth-order valence-corrected chi connectivity index (χ4v) is 4.20. The summed E-state index contributed by atoms with van der Waals surface area (Å²) in [5, 5.41) is 0.198. The van der Waals surface area contributed by atoms with Crippen molar-refractivity contribution in [3.8, 4) is 0 Å². The van der Waals surface area contributed by atoms with Gasteiger partial charge in [0.25, 0.3) is 0 Å². The fraction of sp³-hybridized carbons (Fsp3) is 0.478. The van der Waals surface area contributed by atoms with Crippen molar-refractivity contribution in [2.24, 2.45) is 5.92 Å². The normalized spacial score (nSPS) is 18.1. The number of methoxy groups -OCH3 is 1. The molecular formula is C23H29ClN4O4. The minimum Gasteiger partial charge on any atom is -0.445 e. The first-order chi connectivity index (χ1) is 15.5. The van der Waals surface area contributed by atoms with Gasteiger partial charge in [0.1, 0.15) is 6.61 Å². The van der Waals surface area contributed by atoms with Crippen molar-refractivity contribution in [1.82, 2.24) is 14.9 Å². The van der Waals surface area contributed by atoms with Crippen molar-refractivity contribution >= 4 is 29.4 Å². The molecule has 1 aromatic heterocycles. The number of benzene rings is 1. The van der Waals surface area contributed by atoms with Gasteiger partial charge in [0, 0.05) is 45.1 Å². The predicted octanol–water partition coefficient (Wildman–Crippen LogP) is 3.94. The Morgan fingerprint density at radius 3 is 2.44 bits per heavy atom. The van der Waals surface area contributed by atoms with Crippen molar-refractivity contribution < 1.29 is 19.1 Å². The van der Waals surface area contributed by atoms with Crippen molar-refractivity contribution in [2.45, 2.75) is 38.3 Å². The number of nitrogens with zero attached hydrogens (tertiary/aromatic N) is 4. The van der Waals surface area contributed by atoms with Gasteiger partial charge in [0.05, 0.1) is 6.61 Å². The molecule has 1 fully saturated rings. The van der Waals surface area contributed by atoms with Gasteiger partial charge >= 0.3 is 6.09 Å². The third-order valence-electron chi connectivity index (χ3n) is 5.75. The number of amides is 2. The lowest BCUT2D eigenvalue weighted by molar-refractivity contribution is -0.123. The Bertz CT molecular complexity index is 891. The molecule has 0 aliphatic heterocycles. The zero-order valence-corrected chi connectivity index (χ0v) is 19.2. The first-order valence-electron chi connectivity index (χ1n) is 10.7. The highest BCUT2D eigenvalue weighted by atomic mass is 35.5. The van der Waals surface area contributed by atoms with Gasteiger partial charge in [-0.05, 0) is 31.2 Å². The molecule has 0 bridgehead atoms. The lowest BCUT2D eigenvalue weighted by Gasteiger charge is -2.36. The quantitative estimate of drug-likeness (QED) is 0.593. The summed E-state index contributed by atoms with van der Waals surface area (Å²) in [5.74, 6) is 0.160. The molecular weight excluding hydrogens is 432 g/mol. The van der Waals surface area contributed by atoms with Gasteiger partial charge in [-0.15, -0.1) is 0 Å². The number of aromatic nitrogens is 2. The van der Waals surface area contributed by atoms with Gasteiger partial charge in [-0.2, -0.15) is 0 Å². The van der Waals surface area contributed by atoms with E-state index in [2.05, 4.69) is 9.97 Å². The molecule has 0 unspecified atom stereocenters. The lowest BCUT2D eigenvalue weighted by atomic mass is 9.84. The summed E-state index contributed by atoms with van der Waals surface area (Å²) < 4.78 is 10.7. The van der Waals surface area contributed by atoms with Crippen LogP contribution in [0.2, 0.25) is 5.15 Å². The Morgan fingerprint density at radius 2 is 1.78 bits per heavy atom. The van der Waals surface area contributed by atoms with Crippen molar-refractivity contribution in [3.63, 3.8) is 0 Å². The molecule has 0 N–H and O–H groups in total. The highest BCUT2D eigenvalue weighted by Crippen LogP contribution is 2.31. The van der Waals surface area contributed by atoms with E-state index in [9.17, 15) is 9.59 Å². The first-order valence-corrected chi connectivity index (χ1v) is 11.1. The van der Waals surface area contributed by atoms with Gasteiger partial charge < -0.3 is 14.4 Å². The summed E-state index contributed by atoms with van der Waals surface area (Å²) in [6.45, 7) is 1.09. The third kappa shape index (κ3) is 6.17.